The largest absolute Gasteiger partial charge is 0.491 e. The maximum Gasteiger partial charge on any atom is 0.121 e. The lowest BCUT2D eigenvalue weighted by molar-refractivity contribution is 0.164. The third-order valence-electron chi connectivity index (χ3n) is 2.85. The van der Waals surface area contributed by atoms with Crippen LogP contribution in [0.1, 0.15) is 27.2 Å². The number of anilines is 1. The van der Waals surface area contributed by atoms with Crippen LogP contribution in [0.25, 0.3) is 0 Å². The quantitative estimate of drug-likeness (QED) is 0.766. The topological polar surface area (TPSA) is 30.5 Å². The van der Waals surface area contributed by atoms with Gasteiger partial charge in [-0.3, -0.25) is 0 Å². The predicted octanol–water partition coefficient (Wildman–Crippen LogP) is 3.56. The van der Waals surface area contributed by atoms with Gasteiger partial charge in [-0.2, -0.15) is 0 Å². The smallest absolute Gasteiger partial charge is 0.121 e. The van der Waals surface area contributed by atoms with Crippen LogP contribution in [0, 0.1) is 5.92 Å². The second-order valence-corrected chi connectivity index (χ2v) is 4.81. The Kier molecular flexibility index (Phi) is 6.58. The summed E-state index contributed by atoms with van der Waals surface area (Å²) in [6.07, 6.45) is 1.27. The highest BCUT2D eigenvalue weighted by molar-refractivity contribution is 5.48. The van der Waals surface area contributed by atoms with Gasteiger partial charge < -0.3 is 14.8 Å². The van der Waals surface area contributed by atoms with Crippen LogP contribution >= 0.6 is 0 Å². The maximum atomic E-state index is 5.79. The molecule has 0 heterocycles. The van der Waals surface area contributed by atoms with E-state index in [9.17, 15) is 0 Å². The molecule has 0 spiro atoms. The first-order valence-electron chi connectivity index (χ1n) is 6.65. The molecule has 0 saturated heterocycles. The lowest BCUT2D eigenvalue weighted by atomic mass is 10.2. The number of ether oxygens (including phenoxy) is 2. The van der Waals surface area contributed by atoms with E-state index in [2.05, 4.69) is 32.2 Å². The van der Waals surface area contributed by atoms with Gasteiger partial charge in [-0.1, -0.05) is 19.9 Å². The molecule has 1 N–H and O–H groups in total. The van der Waals surface area contributed by atoms with Gasteiger partial charge in [0, 0.05) is 25.4 Å². The molecule has 0 fully saturated rings. The highest BCUT2D eigenvalue weighted by Gasteiger charge is 2.04. The van der Waals surface area contributed by atoms with Crippen molar-refractivity contribution >= 4 is 5.69 Å². The highest BCUT2D eigenvalue weighted by atomic mass is 16.5. The highest BCUT2D eigenvalue weighted by Crippen LogP contribution is 2.19. The standard InChI is InChI=1S/C15H25NO2/c1-5-13(3)18-15-8-6-7-14(9-15)16-10-12(2)11-17-4/h6-9,12-13,16H,5,10-11H2,1-4H3. The molecule has 1 aromatic carbocycles. The Morgan fingerprint density at radius 1 is 1.28 bits per heavy atom. The van der Waals surface area contributed by atoms with E-state index in [0.717, 1.165) is 31.0 Å². The summed E-state index contributed by atoms with van der Waals surface area (Å²) in [5, 5.41) is 3.40. The van der Waals surface area contributed by atoms with Crippen molar-refractivity contribution in [2.45, 2.75) is 33.3 Å². The first-order chi connectivity index (χ1) is 8.65. The second kappa shape index (κ2) is 7.98. The van der Waals surface area contributed by atoms with Gasteiger partial charge in [-0.15, -0.1) is 0 Å². The molecule has 2 unspecified atom stereocenters. The van der Waals surface area contributed by atoms with E-state index in [4.69, 9.17) is 9.47 Å². The fourth-order valence-electron chi connectivity index (χ4n) is 1.63. The lowest BCUT2D eigenvalue weighted by Gasteiger charge is -2.15. The Bertz CT molecular complexity index is 341. The van der Waals surface area contributed by atoms with Crippen molar-refractivity contribution in [3.63, 3.8) is 0 Å². The van der Waals surface area contributed by atoms with Crippen molar-refractivity contribution in [3.05, 3.63) is 24.3 Å². The molecule has 0 radical (unpaired) electrons. The van der Waals surface area contributed by atoms with E-state index in [1.54, 1.807) is 7.11 Å². The number of methoxy groups -OCH3 is 1. The van der Waals surface area contributed by atoms with Gasteiger partial charge in [0.15, 0.2) is 0 Å². The van der Waals surface area contributed by atoms with Crippen LogP contribution in [0.5, 0.6) is 5.75 Å². The van der Waals surface area contributed by atoms with Crippen molar-refractivity contribution in [1.82, 2.24) is 0 Å². The molecule has 0 amide bonds. The molecule has 3 nitrogen and oxygen atoms in total. The Morgan fingerprint density at radius 3 is 2.72 bits per heavy atom. The first kappa shape index (κ1) is 14.8. The minimum Gasteiger partial charge on any atom is -0.491 e. The van der Waals surface area contributed by atoms with Gasteiger partial charge in [0.05, 0.1) is 12.7 Å². The summed E-state index contributed by atoms with van der Waals surface area (Å²) in [6, 6.07) is 8.12. The van der Waals surface area contributed by atoms with E-state index in [1.165, 1.54) is 0 Å². The van der Waals surface area contributed by atoms with Gasteiger partial charge in [0.2, 0.25) is 0 Å². The third-order valence-corrected chi connectivity index (χ3v) is 2.85. The van der Waals surface area contributed by atoms with Crippen molar-refractivity contribution < 1.29 is 9.47 Å². The lowest BCUT2D eigenvalue weighted by Crippen LogP contribution is -2.16. The molecule has 0 aliphatic heterocycles. The van der Waals surface area contributed by atoms with Gasteiger partial charge in [-0.25, -0.2) is 0 Å². The molecule has 2 atom stereocenters. The summed E-state index contributed by atoms with van der Waals surface area (Å²) in [5.74, 6) is 1.42. The molecular weight excluding hydrogens is 226 g/mol. The van der Waals surface area contributed by atoms with E-state index < -0.39 is 0 Å². The zero-order valence-electron chi connectivity index (χ0n) is 11.9. The number of hydrogen-bond acceptors (Lipinski definition) is 3. The van der Waals surface area contributed by atoms with Gasteiger partial charge in [0.1, 0.15) is 5.75 Å². The molecule has 0 saturated carbocycles. The summed E-state index contributed by atoms with van der Waals surface area (Å²) in [6.45, 7) is 8.05. The minimum atomic E-state index is 0.257. The van der Waals surface area contributed by atoms with Crippen LogP contribution in [0.2, 0.25) is 0 Å². The summed E-state index contributed by atoms with van der Waals surface area (Å²) in [7, 11) is 1.73. The molecule has 0 aliphatic carbocycles. The van der Waals surface area contributed by atoms with E-state index in [1.807, 2.05) is 18.2 Å². The Hall–Kier alpha value is -1.22. The molecular formula is C15H25NO2. The third kappa shape index (κ3) is 5.41. The molecule has 102 valence electrons. The van der Waals surface area contributed by atoms with Gasteiger partial charge >= 0.3 is 0 Å². The number of rotatable bonds is 8. The molecule has 0 bridgehead atoms. The van der Waals surface area contributed by atoms with Gasteiger partial charge in [-0.05, 0) is 31.4 Å². The van der Waals surface area contributed by atoms with Crippen LogP contribution in [0.3, 0.4) is 0 Å². The molecule has 18 heavy (non-hydrogen) atoms. The molecule has 0 aliphatic rings. The SMILES string of the molecule is CCC(C)Oc1cccc(NCC(C)COC)c1. The Morgan fingerprint density at radius 2 is 2.06 bits per heavy atom. The maximum absolute atomic E-state index is 5.79. The Labute approximate surface area is 110 Å². The molecule has 1 aromatic rings. The van der Waals surface area contributed by atoms with Crippen molar-refractivity contribution in [3.8, 4) is 5.75 Å². The summed E-state index contributed by atoms with van der Waals surface area (Å²) in [4.78, 5) is 0. The summed E-state index contributed by atoms with van der Waals surface area (Å²) >= 11 is 0. The number of nitrogens with one attached hydrogen (secondary N) is 1. The normalized spacial score (nSPS) is 14.0. The average molecular weight is 251 g/mol. The average Bonchev–Trinajstić information content (AvgIpc) is 2.37. The monoisotopic (exact) mass is 251 g/mol. The fourth-order valence-corrected chi connectivity index (χ4v) is 1.63. The number of benzene rings is 1. The zero-order valence-corrected chi connectivity index (χ0v) is 11.9. The number of hydrogen-bond donors (Lipinski definition) is 1. The van der Waals surface area contributed by atoms with Crippen LogP contribution in [-0.2, 0) is 4.74 Å². The van der Waals surface area contributed by atoms with Crippen LogP contribution in [-0.4, -0.2) is 26.4 Å². The minimum absolute atomic E-state index is 0.257. The summed E-state index contributed by atoms with van der Waals surface area (Å²) < 4.78 is 10.9. The van der Waals surface area contributed by atoms with E-state index in [-0.39, 0.29) is 6.10 Å². The predicted molar refractivity (Wildman–Crippen MR) is 76.4 cm³/mol. The summed E-state index contributed by atoms with van der Waals surface area (Å²) in [5.41, 5.74) is 1.10. The van der Waals surface area contributed by atoms with Gasteiger partial charge in [0.25, 0.3) is 0 Å². The fraction of sp³-hybridized carbons (Fsp3) is 0.600. The Balaban J connectivity index is 2.48. The van der Waals surface area contributed by atoms with Crippen LogP contribution < -0.4 is 10.1 Å². The van der Waals surface area contributed by atoms with Crippen molar-refractivity contribution in [2.24, 2.45) is 5.92 Å². The molecule has 0 aromatic heterocycles. The van der Waals surface area contributed by atoms with Crippen molar-refractivity contribution in [2.75, 3.05) is 25.6 Å². The van der Waals surface area contributed by atoms with Crippen molar-refractivity contribution in [1.29, 1.82) is 0 Å². The van der Waals surface area contributed by atoms with Crippen LogP contribution in [0.15, 0.2) is 24.3 Å². The zero-order chi connectivity index (χ0) is 13.4. The molecule has 1 rings (SSSR count). The second-order valence-electron chi connectivity index (χ2n) is 4.81. The van der Waals surface area contributed by atoms with Crippen LogP contribution in [0.4, 0.5) is 5.69 Å². The van der Waals surface area contributed by atoms with E-state index in [0.29, 0.717) is 5.92 Å². The first-order valence-corrected chi connectivity index (χ1v) is 6.65. The molecule has 3 heteroatoms. The van der Waals surface area contributed by atoms with E-state index >= 15 is 0 Å².